The molecule has 3 rings (SSSR count). The lowest BCUT2D eigenvalue weighted by atomic mass is 10.0. The molecule has 0 atom stereocenters. The van der Waals surface area contributed by atoms with E-state index in [2.05, 4.69) is 10.3 Å². The van der Waals surface area contributed by atoms with Crippen LogP contribution >= 0.6 is 11.9 Å². The lowest BCUT2D eigenvalue weighted by Crippen LogP contribution is -2.19. The molecule has 2 N–H and O–H groups in total. The number of hydrazine groups is 1. The lowest BCUT2D eigenvalue weighted by molar-refractivity contribution is 0.112. The van der Waals surface area contributed by atoms with Gasteiger partial charge in [0.25, 0.3) is 0 Å². The van der Waals surface area contributed by atoms with E-state index in [4.69, 9.17) is 0 Å². The molecule has 0 unspecified atom stereocenters. The minimum atomic E-state index is -0.482. The number of nitrogens with one attached hydrogen (secondary N) is 2. The Morgan fingerprint density at radius 3 is 2.31 bits per heavy atom. The van der Waals surface area contributed by atoms with Crippen molar-refractivity contribution >= 4 is 18.2 Å². The number of carbonyl (C=O) groups is 1. The van der Waals surface area contributed by atoms with Crippen LogP contribution < -0.4 is 10.3 Å². The molecule has 0 aliphatic heterocycles. The van der Waals surface area contributed by atoms with Gasteiger partial charge >= 0.3 is 0 Å². The Morgan fingerprint density at radius 2 is 1.65 bits per heavy atom. The molecule has 26 heavy (non-hydrogen) atoms. The number of benzene rings is 3. The molecule has 134 valence electrons. The zero-order valence-corrected chi connectivity index (χ0v) is 14.9. The van der Waals surface area contributed by atoms with Crippen LogP contribution in [0.5, 0.6) is 0 Å². The third-order valence-electron chi connectivity index (χ3n) is 3.30. The predicted octanol–water partition coefficient (Wildman–Crippen LogP) is 4.86. The first-order valence-electron chi connectivity index (χ1n) is 7.78. The van der Waals surface area contributed by atoms with E-state index in [1.807, 2.05) is 36.4 Å². The summed E-state index contributed by atoms with van der Waals surface area (Å²) in [4.78, 5) is 14.2. The van der Waals surface area contributed by atoms with E-state index in [-0.39, 0.29) is 11.4 Å². The maximum absolute atomic E-state index is 13.1. The van der Waals surface area contributed by atoms with Gasteiger partial charge in [0, 0.05) is 4.90 Å². The summed E-state index contributed by atoms with van der Waals surface area (Å²) in [6, 6.07) is 20.5. The fourth-order valence-corrected chi connectivity index (χ4v) is 2.62. The third kappa shape index (κ3) is 6.07. The van der Waals surface area contributed by atoms with Crippen LogP contribution in [0.25, 0.3) is 11.1 Å². The smallest absolute Gasteiger partial charge is 0.153 e. The lowest BCUT2D eigenvalue weighted by Gasteiger charge is -2.02. The Balaban J connectivity index is 0.000000197. The van der Waals surface area contributed by atoms with Gasteiger partial charge in [-0.15, -0.1) is 0 Å². The van der Waals surface area contributed by atoms with Crippen molar-refractivity contribution < 1.29 is 13.6 Å². The van der Waals surface area contributed by atoms with Gasteiger partial charge < -0.3 is 0 Å². The molecule has 0 radical (unpaired) electrons. The van der Waals surface area contributed by atoms with Crippen molar-refractivity contribution in [2.24, 2.45) is 0 Å². The van der Waals surface area contributed by atoms with E-state index < -0.39 is 5.82 Å². The summed E-state index contributed by atoms with van der Waals surface area (Å²) >= 11 is 1.33. The van der Waals surface area contributed by atoms with Crippen molar-refractivity contribution in [3.63, 3.8) is 0 Å². The second-order valence-electron chi connectivity index (χ2n) is 5.13. The van der Waals surface area contributed by atoms with Gasteiger partial charge in [0.1, 0.15) is 11.6 Å². The molecule has 0 amide bonds. The molecule has 0 bridgehead atoms. The molecule has 0 heterocycles. The zero-order valence-electron chi connectivity index (χ0n) is 14.1. The summed E-state index contributed by atoms with van der Waals surface area (Å²) < 4.78 is 25.6. The van der Waals surface area contributed by atoms with Crippen molar-refractivity contribution in [2.75, 3.05) is 7.05 Å². The topological polar surface area (TPSA) is 41.1 Å². The molecular formula is C20H18F2N2OS. The maximum Gasteiger partial charge on any atom is 0.153 e. The number of hydrogen-bond acceptors (Lipinski definition) is 4. The molecule has 3 aromatic carbocycles. The molecule has 3 nitrogen and oxygen atoms in total. The van der Waals surface area contributed by atoms with E-state index in [9.17, 15) is 13.6 Å². The molecular weight excluding hydrogens is 354 g/mol. The Hall–Kier alpha value is -2.54. The average Bonchev–Trinajstić information content (AvgIpc) is 2.68. The van der Waals surface area contributed by atoms with Crippen LogP contribution in [0.4, 0.5) is 8.78 Å². The number of hydrogen-bond donors (Lipinski definition) is 2. The summed E-state index contributed by atoms with van der Waals surface area (Å²) in [6.45, 7) is 0. The number of halogens is 2. The van der Waals surface area contributed by atoms with Crippen molar-refractivity contribution in [1.82, 2.24) is 10.3 Å². The molecule has 0 aromatic heterocycles. The normalized spacial score (nSPS) is 9.96. The summed E-state index contributed by atoms with van der Waals surface area (Å²) in [5.41, 5.74) is 4.64. The summed E-state index contributed by atoms with van der Waals surface area (Å²) in [5, 5.41) is 0. The summed E-state index contributed by atoms with van der Waals surface area (Å²) in [5.74, 6) is -0.697. The molecule has 0 saturated carbocycles. The van der Waals surface area contributed by atoms with Crippen LogP contribution in [0.3, 0.4) is 0 Å². The van der Waals surface area contributed by atoms with Gasteiger partial charge in [0.15, 0.2) is 6.29 Å². The second-order valence-corrected chi connectivity index (χ2v) is 6.01. The minimum absolute atomic E-state index is 0.0938. The number of carbonyl (C=O) groups excluding carboxylic acids is 1. The number of aldehydes is 1. The molecule has 0 fully saturated rings. The van der Waals surface area contributed by atoms with E-state index in [1.54, 1.807) is 25.2 Å². The van der Waals surface area contributed by atoms with Crippen LogP contribution in [-0.4, -0.2) is 13.3 Å². The highest BCUT2D eigenvalue weighted by atomic mass is 32.2. The fourth-order valence-electron chi connectivity index (χ4n) is 2.08. The van der Waals surface area contributed by atoms with Crippen molar-refractivity contribution in [3.05, 3.63) is 90.0 Å². The summed E-state index contributed by atoms with van der Waals surface area (Å²) in [7, 11) is 1.76. The highest BCUT2D eigenvalue weighted by Gasteiger charge is 2.03. The Morgan fingerprint density at radius 1 is 0.885 bits per heavy atom. The van der Waals surface area contributed by atoms with Crippen LogP contribution in [0.1, 0.15) is 10.4 Å². The molecule has 3 aromatic rings. The second kappa shape index (κ2) is 10.5. The van der Waals surface area contributed by atoms with Crippen LogP contribution in [0, 0.1) is 11.6 Å². The Bertz CT molecular complexity index is 844. The monoisotopic (exact) mass is 372 g/mol. The maximum atomic E-state index is 13.1. The Labute approximate surface area is 155 Å². The largest absolute Gasteiger partial charge is 0.298 e. The SMILES string of the molecule is CNNSc1cccc(F)c1.O=Cc1cc(-c2ccccc2)ccc1F. The van der Waals surface area contributed by atoms with Gasteiger partial charge in [-0.3, -0.25) is 10.2 Å². The van der Waals surface area contributed by atoms with Gasteiger partial charge in [-0.1, -0.05) is 42.5 Å². The highest BCUT2D eigenvalue weighted by Crippen LogP contribution is 2.20. The minimum Gasteiger partial charge on any atom is -0.298 e. The molecule has 0 saturated heterocycles. The third-order valence-corrected chi connectivity index (χ3v) is 4.09. The first kappa shape index (κ1) is 19.8. The first-order valence-corrected chi connectivity index (χ1v) is 8.60. The quantitative estimate of drug-likeness (QED) is 0.381. The van der Waals surface area contributed by atoms with Crippen molar-refractivity contribution in [2.45, 2.75) is 4.90 Å². The van der Waals surface area contributed by atoms with Gasteiger partial charge in [-0.2, -0.15) is 4.83 Å². The van der Waals surface area contributed by atoms with E-state index >= 15 is 0 Å². The van der Waals surface area contributed by atoms with Crippen LogP contribution in [0.2, 0.25) is 0 Å². The van der Waals surface area contributed by atoms with Gasteiger partial charge in [-0.25, -0.2) is 8.78 Å². The predicted molar refractivity (Wildman–Crippen MR) is 102 cm³/mol. The van der Waals surface area contributed by atoms with Crippen molar-refractivity contribution in [3.8, 4) is 11.1 Å². The molecule has 0 aliphatic rings. The average molecular weight is 372 g/mol. The standard InChI is InChI=1S/C13H9FO.C7H9FN2S/c14-13-7-6-11(8-12(13)9-15)10-4-2-1-3-5-10;1-9-10-11-7-4-2-3-6(8)5-7/h1-9H;2-5,9-10H,1H3. The fraction of sp³-hybridized carbons (Fsp3) is 0.0500. The summed E-state index contributed by atoms with van der Waals surface area (Å²) in [6.07, 6.45) is 0.530. The van der Waals surface area contributed by atoms with Gasteiger partial charge in [-0.05, 0) is 60.5 Å². The Kier molecular flexibility index (Phi) is 7.95. The van der Waals surface area contributed by atoms with E-state index in [0.29, 0.717) is 6.29 Å². The van der Waals surface area contributed by atoms with Gasteiger partial charge in [0.2, 0.25) is 0 Å². The highest BCUT2D eigenvalue weighted by molar-refractivity contribution is 7.97. The number of rotatable bonds is 5. The van der Waals surface area contributed by atoms with Crippen LogP contribution in [0.15, 0.2) is 77.7 Å². The van der Waals surface area contributed by atoms with E-state index in [0.717, 1.165) is 16.0 Å². The van der Waals surface area contributed by atoms with E-state index in [1.165, 1.54) is 30.1 Å². The van der Waals surface area contributed by atoms with Crippen LogP contribution in [-0.2, 0) is 0 Å². The molecule has 0 aliphatic carbocycles. The first-order chi connectivity index (χ1) is 12.6. The zero-order chi connectivity index (χ0) is 18.8. The van der Waals surface area contributed by atoms with Crippen molar-refractivity contribution in [1.29, 1.82) is 0 Å². The van der Waals surface area contributed by atoms with Gasteiger partial charge in [0.05, 0.1) is 5.56 Å². The molecule has 0 spiro atoms. The molecule has 6 heteroatoms.